The Balaban J connectivity index is 1.32. The fourth-order valence-electron chi connectivity index (χ4n) is 4.26. The van der Waals surface area contributed by atoms with E-state index in [0.717, 1.165) is 50.7 Å². The Morgan fingerprint density at radius 2 is 2.16 bits per heavy atom. The predicted molar refractivity (Wildman–Crippen MR) is 94.2 cm³/mol. The largest absolute Gasteiger partial charge is 0.342 e. The van der Waals surface area contributed by atoms with E-state index in [9.17, 15) is 4.79 Å². The minimum absolute atomic E-state index is 0.237. The quantitative estimate of drug-likeness (QED) is 0.887. The molecule has 1 aliphatic carbocycles. The molecule has 3 aliphatic rings. The highest BCUT2D eigenvalue weighted by atomic mass is 16.5. The van der Waals surface area contributed by atoms with Crippen LogP contribution < -0.4 is 5.32 Å². The number of hydrogen-bond donors (Lipinski definition) is 1. The monoisotopic (exact) mass is 346 g/mol. The molecule has 2 saturated heterocycles. The number of aromatic nitrogens is 2. The summed E-state index contributed by atoms with van der Waals surface area (Å²) >= 11 is 0. The molecule has 3 unspecified atom stereocenters. The molecule has 3 atom stereocenters. The van der Waals surface area contributed by atoms with Crippen molar-refractivity contribution in [2.24, 2.45) is 11.8 Å². The van der Waals surface area contributed by atoms with Crippen LogP contribution in [-0.2, 0) is 4.79 Å². The summed E-state index contributed by atoms with van der Waals surface area (Å²) in [5, 5.41) is 7.66. The first kappa shape index (κ1) is 17.0. The molecule has 1 aromatic rings. The molecule has 1 saturated carbocycles. The number of amides is 1. The third-order valence-corrected chi connectivity index (χ3v) is 6.16. The maximum absolute atomic E-state index is 12.8. The molecule has 1 N–H and O–H groups in total. The van der Waals surface area contributed by atoms with Crippen molar-refractivity contribution in [3.05, 3.63) is 11.7 Å². The SMILES string of the molecule is CC(CC(=O)N1CCCC(c2noc(C3CC3)n2)C1)C1CCCNC1. The van der Waals surface area contributed by atoms with Crippen LogP contribution in [0.4, 0.5) is 0 Å². The topological polar surface area (TPSA) is 71.3 Å². The first-order valence-corrected chi connectivity index (χ1v) is 10.0. The first-order chi connectivity index (χ1) is 12.2. The van der Waals surface area contributed by atoms with Crippen molar-refractivity contribution in [3.8, 4) is 0 Å². The second-order valence-corrected chi connectivity index (χ2v) is 8.23. The molecule has 6 heteroatoms. The third-order valence-electron chi connectivity index (χ3n) is 6.16. The molecule has 1 amide bonds. The lowest BCUT2D eigenvalue weighted by atomic mass is 9.85. The van der Waals surface area contributed by atoms with E-state index in [1.165, 1.54) is 25.7 Å². The van der Waals surface area contributed by atoms with Crippen LogP contribution in [-0.4, -0.2) is 47.1 Å². The lowest BCUT2D eigenvalue weighted by Gasteiger charge is -2.34. The van der Waals surface area contributed by atoms with Gasteiger partial charge in [0.1, 0.15) is 0 Å². The second-order valence-electron chi connectivity index (χ2n) is 8.23. The smallest absolute Gasteiger partial charge is 0.229 e. The Morgan fingerprint density at radius 1 is 1.28 bits per heavy atom. The molecular formula is C19H30N4O2. The molecular weight excluding hydrogens is 316 g/mol. The maximum Gasteiger partial charge on any atom is 0.229 e. The minimum Gasteiger partial charge on any atom is -0.342 e. The van der Waals surface area contributed by atoms with E-state index in [1.54, 1.807) is 0 Å². The molecule has 6 nitrogen and oxygen atoms in total. The molecule has 1 aromatic heterocycles. The molecule has 3 heterocycles. The van der Waals surface area contributed by atoms with Crippen LogP contribution in [0.5, 0.6) is 0 Å². The lowest BCUT2D eigenvalue weighted by Crippen LogP contribution is -2.41. The number of piperidine rings is 2. The molecule has 0 spiro atoms. The normalized spacial score (nSPS) is 28.8. The van der Waals surface area contributed by atoms with Gasteiger partial charge in [-0.2, -0.15) is 4.98 Å². The van der Waals surface area contributed by atoms with Crippen molar-refractivity contribution in [2.75, 3.05) is 26.2 Å². The van der Waals surface area contributed by atoms with Crippen molar-refractivity contribution >= 4 is 5.91 Å². The minimum atomic E-state index is 0.237. The van der Waals surface area contributed by atoms with Gasteiger partial charge in [-0.05, 0) is 63.5 Å². The zero-order chi connectivity index (χ0) is 17.2. The van der Waals surface area contributed by atoms with Crippen molar-refractivity contribution in [3.63, 3.8) is 0 Å². The maximum atomic E-state index is 12.8. The molecule has 0 bridgehead atoms. The number of hydrogen-bond acceptors (Lipinski definition) is 5. The zero-order valence-electron chi connectivity index (χ0n) is 15.2. The van der Waals surface area contributed by atoms with Crippen LogP contribution in [0, 0.1) is 11.8 Å². The van der Waals surface area contributed by atoms with Gasteiger partial charge in [-0.1, -0.05) is 12.1 Å². The highest BCUT2D eigenvalue weighted by molar-refractivity contribution is 5.76. The van der Waals surface area contributed by atoms with Gasteiger partial charge in [0, 0.05) is 31.3 Å². The van der Waals surface area contributed by atoms with Gasteiger partial charge >= 0.3 is 0 Å². The molecule has 0 radical (unpaired) electrons. The number of carbonyl (C=O) groups excluding carboxylic acids is 1. The highest BCUT2D eigenvalue weighted by Crippen LogP contribution is 2.39. The number of nitrogens with one attached hydrogen (secondary N) is 1. The Morgan fingerprint density at radius 3 is 2.92 bits per heavy atom. The summed E-state index contributed by atoms with van der Waals surface area (Å²) in [6, 6.07) is 0. The molecule has 4 rings (SSSR count). The standard InChI is InChI=1S/C19H30N4O2/c1-13(15-4-2-8-20-11-15)10-17(24)23-9-3-5-16(12-23)18-21-19(25-22-18)14-6-7-14/h13-16,20H,2-12H2,1H3. The Bertz CT molecular complexity index is 592. The van der Waals surface area contributed by atoms with E-state index in [1.807, 2.05) is 4.90 Å². The number of carbonyl (C=O) groups is 1. The van der Waals surface area contributed by atoms with Crippen LogP contribution >= 0.6 is 0 Å². The average Bonchev–Trinajstić information content (AvgIpc) is 3.39. The molecule has 25 heavy (non-hydrogen) atoms. The van der Waals surface area contributed by atoms with E-state index in [0.29, 0.717) is 30.1 Å². The predicted octanol–water partition coefficient (Wildman–Crippen LogP) is 2.68. The van der Waals surface area contributed by atoms with Crippen molar-refractivity contribution in [1.82, 2.24) is 20.4 Å². The van der Waals surface area contributed by atoms with Gasteiger partial charge in [-0.15, -0.1) is 0 Å². The fraction of sp³-hybridized carbons (Fsp3) is 0.842. The number of rotatable bonds is 5. The third kappa shape index (κ3) is 4.05. The van der Waals surface area contributed by atoms with Gasteiger partial charge < -0.3 is 14.7 Å². The molecule has 3 fully saturated rings. The Labute approximate surface area is 149 Å². The van der Waals surface area contributed by atoms with Crippen LogP contribution in [0.1, 0.15) is 75.4 Å². The average molecular weight is 346 g/mol. The van der Waals surface area contributed by atoms with Crippen LogP contribution in [0.2, 0.25) is 0 Å². The first-order valence-electron chi connectivity index (χ1n) is 10.0. The summed E-state index contributed by atoms with van der Waals surface area (Å²) in [6.45, 7) is 6.04. The van der Waals surface area contributed by atoms with Gasteiger partial charge in [0.05, 0.1) is 0 Å². The van der Waals surface area contributed by atoms with Crippen molar-refractivity contribution < 1.29 is 9.32 Å². The zero-order valence-corrected chi connectivity index (χ0v) is 15.2. The Hall–Kier alpha value is -1.43. The van der Waals surface area contributed by atoms with E-state index in [-0.39, 0.29) is 5.92 Å². The van der Waals surface area contributed by atoms with Crippen LogP contribution in [0.3, 0.4) is 0 Å². The van der Waals surface area contributed by atoms with E-state index in [2.05, 4.69) is 22.4 Å². The van der Waals surface area contributed by atoms with E-state index < -0.39 is 0 Å². The van der Waals surface area contributed by atoms with E-state index >= 15 is 0 Å². The Kier molecular flexibility index (Phi) is 5.06. The van der Waals surface area contributed by atoms with Crippen LogP contribution in [0.25, 0.3) is 0 Å². The number of nitrogens with zero attached hydrogens (tertiary/aromatic N) is 3. The summed E-state index contributed by atoms with van der Waals surface area (Å²) in [6.07, 6.45) is 7.57. The van der Waals surface area contributed by atoms with Gasteiger partial charge in [0.25, 0.3) is 0 Å². The number of likely N-dealkylation sites (tertiary alicyclic amines) is 1. The second kappa shape index (κ2) is 7.44. The van der Waals surface area contributed by atoms with Crippen LogP contribution in [0.15, 0.2) is 4.52 Å². The van der Waals surface area contributed by atoms with Crippen molar-refractivity contribution in [1.29, 1.82) is 0 Å². The summed E-state index contributed by atoms with van der Waals surface area (Å²) in [7, 11) is 0. The summed E-state index contributed by atoms with van der Waals surface area (Å²) < 4.78 is 5.41. The van der Waals surface area contributed by atoms with Gasteiger partial charge in [-0.3, -0.25) is 4.79 Å². The van der Waals surface area contributed by atoms with Gasteiger partial charge in [0.2, 0.25) is 11.8 Å². The molecule has 2 aliphatic heterocycles. The highest BCUT2D eigenvalue weighted by Gasteiger charge is 2.33. The fourth-order valence-corrected chi connectivity index (χ4v) is 4.26. The molecule has 138 valence electrons. The van der Waals surface area contributed by atoms with Gasteiger partial charge in [0.15, 0.2) is 5.82 Å². The summed E-state index contributed by atoms with van der Waals surface area (Å²) in [5.41, 5.74) is 0. The summed E-state index contributed by atoms with van der Waals surface area (Å²) in [5.74, 6) is 3.73. The van der Waals surface area contributed by atoms with E-state index in [4.69, 9.17) is 4.52 Å². The van der Waals surface area contributed by atoms with Crippen molar-refractivity contribution in [2.45, 2.75) is 63.7 Å². The van der Waals surface area contributed by atoms with Gasteiger partial charge in [-0.25, -0.2) is 0 Å². The lowest BCUT2D eigenvalue weighted by molar-refractivity contribution is -0.133. The molecule has 0 aromatic carbocycles. The summed E-state index contributed by atoms with van der Waals surface area (Å²) in [4.78, 5) is 19.4.